The molecule has 0 spiro atoms. The predicted molar refractivity (Wildman–Crippen MR) is 96.9 cm³/mol. The molecule has 1 saturated carbocycles. The molecule has 1 aliphatic rings. The molecular weight excluding hydrogens is 298 g/mol. The number of carbonyl (C=O) groups excluding carboxylic acids is 1. The van der Waals surface area contributed by atoms with Crippen LogP contribution in [0, 0.1) is 12.8 Å². The molecule has 3 rings (SSSR count). The number of carbonyl (C=O) groups is 1. The average Bonchev–Trinajstić information content (AvgIpc) is 2.94. The van der Waals surface area contributed by atoms with E-state index >= 15 is 0 Å². The van der Waals surface area contributed by atoms with Crippen molar-refractivity contribution in [1.82, 2.24) is 9.78 Å². The molecule has 1 fully saturated rings. The van der Waals surface area contributed by atoms with Gasteiger partial charge in [0.25, 0.3) is 0 Å². The maximum absolute atomic E-state index is 12.3. The average molecular weight is 325 g/mol. The Morgan fingerprint density at radius 1 is 1.21 bits per heavy atom. The fourth-order valence-corrected chi connectivity index (χ4v) is 3.54. The summed E-state index contributed by atoms with van der Waals surface area (Å²) in [5.74, 6) is 1.64. The Bertz CT molecular complexity index is 657. The lowest BCUT2D eigenvalue weighted by Gasteiger charge is -2.21. The van der Waals surface area contributed by atoms with E-state index < -0.39 is 0 Å². The number of aryl methyl sites for hydroxylation is 1. The summed E-state index contributed by atoms with van der Waals surface area (Å²) in [4.78, 5) is 12.3. The second-order valence-electron chi connectivity index (χ2n) is 6.91. The van der Waals surface area contributed by atoms with Crippen LogP contribution in [0.15, 0.2) is 36.4 Å². The highest BCUT2D eigenvalue weighted by atomic mass is 16.1. The lowest BCUT2D eigenvalue weighted by atomic mass is 9.86. The van der Waals surface area contributed by atoms with Gasteiger partial charge in [0.2, 0.25) is 5.91 Å². The highest BCUT2D eigenvalue weighted by Crippen LogP contribution is 2.27. The van der Waals surface area contributed by atoms with Crippen LogP contribution in [0.4, 0.5) is 5.82 Å². The summed E-state index contributed by atoms with van der Waals surface area (Å²) in [6.07, 6.45) is 8.22. The number of amides is 1. The van der Waals surface area contributed by atoms with Crippen molar-refractivity contribution in [3.05, 3.63) is 47.7 Å². The van der Waals surface area contributed by atoms with Gasteiger partial charge in [-0.15, -0.1) is 0 Å². The minimum absolute atomic E-state index is 0.106. The highest BCUT2D eigenvalue weighted by molar-refractivity contribution is 5.89. The van der Waals surface area contributed by atoms with E-state index in [2.05, 4.69) is 22.5 Å². The summed E-state index contributed by atoms with van der Waals surface area (Å²) in [6, 6.07) is 12.1. The monoisotopic (exact) mass is 325 g/mol. The van der Waals surface area contributed by atoms with Crippen LogP contribution in [0.25, 0.3) is 0 Å². The van der Waals surface area contributed by atoms with Crippen LogP contribution in [0.3, 0.4) is 0 Å². The normalized spacial score (nSPS) is 15.4. The molecule has 0 unspecified atom stereocenters. The SMILES string of the molecule is Cc1cc(NC(=O)CCC2CCCCC2)n(Cc2ccccc2)n1. The van der Waals surface area contributed by atoms with Gasteiger partial charge in [-0.05, 0) is 24.8 Å². The number of rotatable bonds is 6. The van der Waals surface area contributed by atoms with Crippen molar-refractivity contribution in [2.45, 2.75) is 58.4 Å². The van der Waals surface area contributed by atoms with E-state index in [1.54, 1.807) is 0 Å². The molecule has 1 aromatic carbocycles. The van der Waals surface area contributed by atoms with Crippen molar-refractivity contribution < 1.29 is 4.79 Å². The standard InChI is InChI=1S/C20H27N3O/c1-16-14-19(23(22-16)15-18-10-6-3-7-11-18)21-20(24)13-12-17-8-4-2-5-9-17/h3,6-7,10-11,14,17H,2,4-5,8-9,12-13,15H2,1H3,(H,21,24). The van der Waals surface area contributed by atoms with Crippen LogP contribution in [-0.4, -0.2) is 15.7 Å². The van der Waals surface area contributed by atoms with Crippen LogP contribution in [0.2, 0.25) is 0 Å². The number of benzene rings is 1. The Labute approximate surface area is 144 Å². The first-order valence-electron chi connectivity index (χ1n) is 9.09. The molecule has 4 heteroatoms. The number of anilines is 1. The van der Waals surface area contributed by atoms with Gasteiger partial charge in [0.05, 0.1) is 12.2 Å². The zero-order valence-electron chi connectivity index (χ0n) is 14.5. The Kier molecular flexibility index (Phi) is 5.68. The van der Waals surface area contributed by atoms with Gasteiger partial charge in [0.15, 0.2) is 0 Å². The fraction of sp³-hybridized carbons (Fsp3) is 0.500. The quantitative estimate of drug-likeness (QED) is 0.847. The van der Waals surface area contributed by atoms with Gasteiger partial charge in [-0.1, -0.05) is 62.4 Å². The van der Waals surface area contributed by atoms with E-state index in [-0.39, 0.29) is 5.91 Å². The molecule has 0 radical (unpaired) electrons. The fourth-order valence-electron chi connectivity index (χ4n) is 3.54. The molecule has 128 valence electrons. The van der Waals surface area contributed by atoms with Crippen LogP contribution < -0.4 is 5.32 Å². The number of nitrogens with one attached hydrogen (secondary N) is 1. The first-order chi connectivity index (χ1) is 11.7. The topological polar surface area (TPSA) is 46.9 Å². The third-order valence-electron chi connectivity index (χ3n) is 4.85. The number of nitrogens with zero attached hydrogens (tertiary/aromatic N) is 2. The van der Waals surface area contributed by atoms with Gasteiger partial charge in [-0.3, -0.25) is 4.79 Å². The first-order valence-corrected chi connectivity index (χ1v) is 9.09. The molecule has 1 heterocycles. The second-order valence-corrected chi connectivity index (χ2v) is 6.91. The van der Waals surface area contributed by atoms with E-state index in [4.69, 9.17) is 0 Å². The van der Waals surface area contributed by atoms with Crippen molar-refractivity contribution >= 4 is 11.7 Å². The largest absolute Gasteiger partial charge is 0.311 e. The molecule has 0 bridgehead atoms. The zero-order valence-corrected chi connectivity index (χ0v) is 14.5. The summed E-state index contributed by atoms with van der Waals surface area (Å²) in [7, 11) is 0. The Morgan fingerprint density at radius 2 is 1.96 bits per heavy atom. The summed E-state index contributed by atoms with van der Waals surface area (Å²) in [6.45, 7) is 2.63. The summed E-state index contributed by atoms with van der Waals surface area (Å²) in [5, 5.41) is 7.56. The van der Waals surface area contributed by atoms with Crippen molar-refractivity contribution in [3.8, 4) is 0 Å². The van der Waals surface area contributed by atoms with Gasteiger partial charge < -0.3 is 5.32 Å². The van der Waals surface area contributed by atoms with Crippen LogP contribution in [0.5, 0.6) is 0 Å². The molecule has 0 aliphatic heterocycles. The molecule has 1 aromatic heterocycles. The summed E-state index contributed by atoms with van der Waals surface area (Å²) >= 11 is 0. The van der Waals surface area contributed by atoms with Crippen LogP contribution >= 0.6 is 0 Å². The summed E-state index contributed by atoms with van der Waals surface area (Å²) < 4.78 is 1.88. The van der Waals surface area contributed by atoms with Crippen molar-refractivity contribution in [2.75, 3.05) is 5.32 Å². The lowest BCUT2D eigenvalue weighted by molar-refractivity contribution is -0.116. The van der Waals surface area contributed by atoms with Crippen LogP contribution in [-0.2, 0) is 11.3 Å². The highest BCUT2D eigenvalue weighted by Gasteiger charge is 2.16. The van der Waals surface area contributed by atoms with Gasteiger partial charge in [0.1, 0.15) is 5.82 Å². The third-order valence-corrected chi connectivity index (χ3v) is 4.85. The van der Waals surface area contributed by atoms with E-state index in [0.717, 1.165) is 23.9 Å². The molecule has 4 nitrogen and oxygen atoms in total. The molecule has 0 atom stereocenters. The molecule has 0 saturated heterocycles. The Balaban J connectivity index is 1.57. The van der Waals surface area contributed by atoms with Gasteiger partial charge in [-0.25, -0.2) is 4.68 Å². The van der Waals surface area contributed by atoms with Gasteiger partial charge in [-0.2, -0.15) is 5.10 Å². The minimum Gasteiger partial charge on any atom is -0.311 e. The number of hydrogen-bond acceptors (Lipinski definition) is 2. The lowest BCUT2D eigenvalue weighted by Crippen LogP contribution is -2.17. The van der Waals surface area contributed by atoms with E-state index in [1.807, 2.05) is 35.9 Å². The molecule has 2 aromatic rings. The maximum Gasteiger partial charge on any atom is 0.225 e. The van der Waals surface area contributed by atoms with Crippen molar-refractivity contribution in [3.63, 3.8) is 0 Å². The van der Waals surface area contributed by atoms with E-state index in [1.165, 1.54) is 37.7 Å². The molecule has 1 amide bonds. The Morgan fingerprint density at radius 3 is 2.71 bits per heavy atom. The van der Waals surface area contributed by atoms with Crippen molar-refractivity contribution in [1.29, 1.82) is 0 Å². The first kappa shape index (κ1) is 16.7. The molecular formula is C20H27N3O. The second kappa shape index (κ2) is 8.13. The maximum atomic E-state index is 12.3. The number of hydrogen-bond donors (Lipinski definition) is 1. The Hall–Kier alpha value is -2.10. The summed E-state index contributed by atoms with van der Waals surface area (Å²) in [5.41, 5.74) is 2.10. The van der Waals surface area contributed by atoms with E-state index in [9.17, 15) is 4.79 Å². The smallest absolute Gasteiger partial charge is 0.225 e. The van der Waals surface area contributed by atoms with Gasteiger partial charge >= 0.3 is 0 Å². The van der Waals surface area contributed by atoms with Crippen molar-refractivity contribution in [2.24, 2.45) is 5.92 Å². The zero-order chi connectivity index (χ0) is 16.8. The van der Waals surface area contributed by atoms with Gasteiger partial charge in [0, 0.05) is 12.5 Å². The predicted octanol–water partition coefficient (Wildman–Crippen LogP) is 4.54. The molecule has 1 aliphatic carbocycles. The van der Waals surface area contributed by atoms with Crippen LogP contribution in [0.1, 0.15) is 56.2 Å². The molecule has 1 N–H and O–H groups in total. The molecule has 24 heavy (non-hydrogen) atoms. The minimum atomic E-state index is 0.106. The third kappa shape index (κ3) is 4.70. The van der Waals surface area contributed by atoms with E-state index in [0.29, 0.717) is 13.0 Å². The number of aromatic nitrogens is 2.